The van der Waals surface area contributed by atoms with Crippen molar-refractivity contribution in [2.45, 2.75) is 26.3 Å². The zero-order valence-corrected chi connectivity index (χ0v) is 11.1. The second-order valence-electron chi connectivity index (χ2n) is 5.33. The van der Waals surface area contributed by atoms with Crippen molar-refractivity contribution in [1.82, 2.24) is 0 Å². The van der Waals surface area contributed by atoms with Crippen LogP contribution in [0, 0.1) is 0 Å². The maximum atomic E-state index is 10.1. The molecule has 2 aromatic carbocycles. The van der Waals surface area contributed by atoms with E-state index in [9.17, 15) is 5.11 Å². The predicted octanol–water partition coefficient (Wildman–Crippen LogP) is 4.33. The molecule has 94 valence electrons. The lowest BCUT2D eigenvalue weighted by molar-refractivity contribution is 0.467. The average molecular weight is 241 g/mol. The van der Waals surface area contributed by atoms with E-state index in [1.807, 2.05) is 36.4 Å². The molecule has 0 amide bonds. The lowest BCUT2D eigenvalue weighted by Gasteiger charge is -2.38. The minimum absolute atomic E-state index is 0.111. The van der Waals surface area contributed by atoms with Crippen LogP contribution in [0.5, 0.6) is 5.75 Å². The van der Waals surface area contributed by atoms with Crippen molar-refractivity contribution in [2.24, 2.45) is 0 Å². The quantitative estimate of drug-likeness (QED) is 0.846. The van der Waals surface area contributed by atoms with Gasteiger partial charge < -0.3 is 10.0 Å². The summed E-state index contributed by atoms with van der Waals surface area (Å²) >= 11 is 0. The molecule has 0 atom stereocenters. The summed E-state index contributed by atoms with van der Waals surface area (Å²) < 4.78 is 0. The number of phenolic OH excluding ortho intramolecular Hbond substituents is 1. The number of aromatic hydroxyl groups is 1. The molecule has 18 heavy (non-hydrogen) atoms. The van der Waals surface area contributed by atoms with Crippen molar-refractivity contribution in [3.8, 4) is 5.75 Å². The van der Waals surface area contributed by atoms with Crippen LogP contribution >= 0.6 is 0 Å². The number of hydrogen-bond donors (Lipinski definition) is 1. The number of anilines is 2. The Morgan fingerprint density at radius 2 is 1.39 bits per heavy atom. The Morgan fingerprint density at radius 3 is 1.94 bits per heavy atom. The third-order valence-corrected chi connectivity index (χ3v) is 2.81. The molecule has 0 aliphatic carbocycles. The second kappa shape index (κ2) is 4.73. The molecule has 0 heterocycles. The van der Waals surface area contributed by atoms with Crippen molar-refractivity contribution < 1.29 is 5.11 Å². The van der Waals surface area contributed by atoms with Crippen molar-refractivity contribution >= 4 is 11.4 Å². The van der Waals surface area contributed by atoms with Gasteiger partial charge in [-0.05, 0) is 45.0 Å². The molecule has 0 fully saturated rings. The van der Waals surface area contributed by atoms with Crippen molar-refractivity contribution in [3.63, 3.8) is 0 Å². The molecule has 2 rings (SSSR count). The van der Waals surface area contributed by atoms with E-state index in [0.717, 1.165) is 11.4 Å². The van der Waals surface area contributed by atoms with Gasteiger partial charge in [0.1, 0.15) is 5.75 Å². The first kappa shape index (κ1) is 12.5. The first-order valence-electron chi connectivity index (χ1n) is 6.13. The summed E-state index contributed by atoms with van der Waals surface area (Å²) in [7, 11) is 0. The van der Waals surface area contributed by atoms with Crippen LogP contribution in [0.2, 0.25) is 0 Å². The molecule has 0 aliphatic rings. The molecule has 2 nitrogen and oxygen atoms in total. The number of nitrogens with zero attached hydrogens (tertiary/aromatic N) is 1. The minimum atomic E-state index is -0.111. The Bertz CT molecular complexity index is 514. The first-order valence-corrected chi connectivity index (χ1v) is 6.13. The van der Waals surface area contributed by atoms with Gasteiger partial charge in [-0.2, -0.15) is 0 Å². The number of para-hydroxylation sites is 3. The van der Waals surface area contributed by atoms with Crippen LogP contribution in [0.15, 0.2) is 54.6 Å². The molecule has 2 aromatic rings. The van der Waals surface area contributed by atoms with Gasteiger partial charge in [0.2, 0.25) is 0 Å². The third kappa shape index (κ3) is 2.48. The van der Waals surface area contributed by atoms with Crippen LogP contribution in [0.1, 0.15) is 20.8 Å². The van der Waals surface area contributed by atoms with Gasteiger partial charge in [-0.1, -0.05) is 30.3 Å². The minimum Gasteiger partial charge on any atom is -0.506 e. The molecular formula is C16H19NO. The Hall–Kier alpha value is -1.96. The van der Waals surface area contributed by atoms with E-state index < -0.39 is 0 Å². The fourth-order valence-electron chi connectivity index (χ4n) is 2.12. The SMILES string of the molecule is CC(C)(C)N(c1ccccc1)c1ccccc1O. The average Bonchev–Trinajstić information content (AvgIpc) is 2.32. The smallest absolute Gasteiger partial charge is 0.139 e. The van der Waals surface area contributed by atoms with E-state index in [1.165, 1.54) is 0 Å². The van der Waals surface area contributed by atoms with Gasteiger partial charge in [0.05, 0.1) is 5.69 Å². The van der Waals surface area contributed by atoms with E-state index in [0.29, 0.717) is 5.75 Å². The summed E-state index contributed by atoms with van der Waals surface area (Å²) in [6.07, 6.45) is 0. The van der Waals surface area contributed by atoms with Gasteiger partial charge in [-0.25, -0.2) is 0 Å². The highest BCUT2D eigenvalue weighted by molar-refractivity contribution is 5.70. The highest BCUT2D eigenvalue weighted by Crippen LogP contribution is 2.37. The lowest BCUT2D eigenvalue weighted by atomic mass is 10.0. The number of hydrogen-bond acceptors (Lipinski definition) is 2. The Balaban J connectivity index is 2.55. The summed E-state index contributed by atoms with van der Waals surface area (Å²) in [4.78, 5) is 2.14. The predicted molar refractivity (Wildman–Crippen MR) is 76.4 cm³/mol. The van der Waals surface area contributed by atoms with Gasteiger partial charge >= 0.3 is 0 Å². The van der Waals surface area contributed by atoms with Gasteiger partial charge in [0.15, 0.2) is 0 Å². The number of phenols is 1. The molecule has 1 N–H and O–H groups in total. The Labute approximate surface area is 109 Å². The van der Waals surface area contributed by atoms with Crippen LogP contribution < -0.4 is 4.90 Å². The maximum absolute atomic E-state index is 10.1. The zero-order valence-electron chi connectivity index (χ0n) is 11.1. The normalized spacial score (nSPS) is 11.3. The van der Waals surface area contributed by atoms with Crippen molar-refractivity contribution in [2.75, 3.05) is 4.90 Å². The van der Waals surface area contributed by atoms with Crippen LogP contribution in [0.25, 0.3) is 0 Å². The van der Waals surface area contributed by atoms with E-state index in [4.69, 9.17) is 0 Å². The lowest BCUT2D eigenvalue weighted by Crippen LogP contribution is -2.37. The monoisotopic (exact) mass is 241 g/mol. The third-order valence-electron chi connectivity index (χ3n) is 2.81. The summed E-state index contributed by atoms with van der Waals surface area (Å²) in [5, 5.41) is 10.1. The summed E-state index contributed by atoms with van der Waals surface area (Å²) in [6, 6.07) is 17.6. The molecule has 0 saturated heterocycles. The van der Waals surface area contributed by atoms with E-state index in [-0.39, 0.29) is 5.54 Å². The fourth-order valence-corrected chi connectivity index (χ4v) is 2.12. The maximum Gasteiger partial charge on any atom is 0.139 e. The van der Waals surface area contributed by atoms with Gasteiger partial charge in [0.25, 0.3) is 0 Å². The van der Waals surface area contributed by atoms with Crippen LogP contribution in [-0.2, 0) is 0 Å². The van der Waals surface area contributed by atoms with Gasteiger partial charge in [0, 0.05) is 11.2 Å². The number of benzene rings is 2. The van der Waals surface area contributed by atoms with Crippen LogP contribution in [0.3, 0.4) is 0 Å². The summed E-state index contributed by atoms with van der Waals surface area (Å²) in [6.45, 7) is 6.39. The highest BCUT2D eigenvalue weighted by atomic mass is 16.3. The molecule has 0 saturated carbocycles. The van der Waals surface area contributed by atoms with Crippen LogP contribution in [0.4, 0.5) is 11.4 Å². The van der Waals surface area contributed by atoms with E-state index in [1.54, 1.807) is 6.07 Å². The molecular weight excluding hydrogens is 222 g/mol. The highest BCUT2D eigenvalue weighted by Gasteiger charge is 2.25. The first-order chi connectivity index (χ1) is 8.50. The standard InChI is InChI=1S/C16H19NO/c1-16(2,3)17(13-9-5-4-6-10-13)14-11-7-8-12-15(14)18/h4-12,18H,1-3H3. The van der Waals surface area contributed by atoms with Crippen molar-refractivity contribution in [3.05, 3.63) is 54.6 Å². The molecule has 2 heteroatoms. The molecule has 0 spiro atoms. The largest absolute Gasteiger partial charge is 0.506 e. The van der Waals surface area contributed by atoms with Crippen LogP contribution in [-0.4, -0.2) is 10.6 Å². The summed E-state index contributed by atoms with van der Waals surface area (Å²) in [5.41, 5.74) is 1.79. The fraction of sp³-hybridized carbons (Fsp3) is 0.250. The molecule has 0 unspecified atom stereocenters. The summed E-state index contributed by atoms with van der Waals surface area (Å²) in [5.74, 6) is 0.302. The van der Waals surface area contributed by atoms with E-state index >= 15 is 0 Å². The molecule has 0 bridgehead atoms. The van der Waals surface area contributed by atoms with Gasteiger partial charge in [-0.15, -0.1) is 0 Å². The number of rotatable bonds is 2. The zero-order chi connectivity index (χ0) is 13.2. The molecule has 0 aliphatic heterocycles. The Morgan fingerprint density at radius 1 is 0.833 bits per heavy atom. The van der Waals surface area contributed by atoms with Gasteiger partial charge in [-0.3, -0.25) is 0 Å². The topological polar surface area (TPSA) is 23.5 Å². The Kier molecular flexibility index (Phi) is 3.28. The second-order valence-corrected chi connectivity index (χ2v) is 5.33. The van der Waals surface area contributed by atoms with Crippen molar-refractivity contribution in [1.29, 1.82) is 0 Å². The molecule has 0 radical (unpaired) electrons. The molecule has 0 aromatic heterocycles. The van der Waals surface area contributed by atoms with E-state index in [2.05, 4.69) is 37.8 Å².